The molecule has 0 spiro atoms. The normalized spacial score (nSPS) is 12.2. The van der Waals surface area contributed by atoms with Crippen LogP contribution in [0.3, 0.4) is 0 Å². The molecule has 0 bridgehead atoms. The second-order valence-electron chi connectivity index (χ2n) is 6.59. The molecular formula is C19H28N3OS+. The lowest BCUT2D eigenvalue weighted by Gasteiger charge is -2.31. The van der Waals surface area contributed by atoms with Gasteiger partial charge in [0.1, 0.15) is 5.76 Å². The van der Waals surface area contributed by atoms with E-state index in [1.807, 2.05) is 12.1 Å². The van der Waals surface area contributed by atoms with Crippen LogP contribution in [0, 0.1) is 13.8 Å². The quantitative estimate of drug-likeness (QED) is 0.788. The summed E-state index contributed by atoms with van der Waals surface area (Å²) in [6.45, 7) is 8.18. The van der Waals surface area contributed by atoms with Crippen molar-refractivity contribution in [2.75, 3.05) is 32.5 Å². The Balaban J connectivity index is 2.17. The van der Waals surface area contributed by atoms with E-state index in [1.165, 1.54) is 16.0 Å². The SMILES string of the molecule is Cc1ccc(NC(=S)N(CC[NH+](C)C)C(C)c2ccco2)c(C)c1. The molecule has 1 atom stereocenters. The Bertz CT molecular complexity index is 667. The molecule has 5 heteroatoms. The minimum absolute atomic E-state index is 0.0881. The van der Waals surface area contributed by atoms with Gasteiger partial charge in [0.25, 0.3) is 0 Å². The number of hydrogen-bond donors (Lipinski definition) is 2. The molecule has 130 valence electrons. The molecule has 0 aliphatic heterocycles. The van der Waals surface area contributed by atoms with Crippen LogP contribution in [0.1, 0.15) is 29.9 Å². The number of rotatable bonds is 6. The molecule has 2 rings (SSSR count). The second-order valence-corrected chi connectivity index (χ2v) is 6.98. The van der Waals surface area contributed by atoms with Gasteiger partial charge in [0.15, 0.2) is 5.11 Å². The fourth-order valence-corrected chi connectivity index (χ4v) is 3.00. The van der Waals surface area contributed by atoms with E-state index in [4.69, 9.17) is 16.6 Å². The van der Waals surface area contributed by atoms with Gasteiger partial charge in [-0.15, -0.1) is 0 Å². The van der Waals surface area contributed by atoms with Crippen molar-refractivity contribution in [2.24, 2.45) is 0 Å². The van der Waals surface area contributed by atoms with Crippen LogP contribution < -0.4 is 10.2 Å². The van der Waals surface area contributed by atoms with Crippen LogP contribution in [0.2, 0.25) is 0 Å². The van der Waals surface area contributed by atoms with E-state index < -0.39 is 0 Å². The van der Waals surface area contributed by atoms with E-state index in [1.54, 1.807) is 6.26 Å². The number of likely N-dealkylation sites (N-methyl/N-ethyl adjacent to an activating group) is 1. The van der Waals surface area contributed by atoms with Gasteiger partial charge in [-0.3, -0.25) is 0 Å². The van der Waals surface area contributed by atoms with Gasteiger partial charge in [0, 0.05) is 5.69 Å². The Labute approximate surface area is 150 Å². The maximum Gasteiger partial charge on any atom is 0.174 e. The number of nitrogens with zero attached hydrogens (tertiary/aromatic N) is 1. The van der Waals surface area contributed by atoms with E-state index in [9.17, 15) is 0 Å². The van der Waals surface area contributed by atoms with Gasteiger partial charge in [-0.1, -0.05) is 17.7 Å². The summed E-state index contributed by atoms with van der Waals surface area (Å²) in [6.07, 6.45) is 1.71. The maximum atomic E-state index is 5.72. The predicted molar refractivity (Wildman–Crippen MR) is 104 cm³/mol. The molecule has 1 unspecified atom stereocenters. The number of thiocarbonyl (C=S) groups is 1. The monoisotopic (exact) mass is 346 g/mol. The smallest absolute Gasteiger partial charge is 0.174 e. The molecule has 0 aliphatic rings. The summed E-state index contributed by atoms with van der Waals surface area (Å²) in [7, 11) is 4.30. The molecule has 0 radical (unpaired) electrons. The van der Waals surface area contributed by atoms with Crippen LogP contribution >= 0.6 is 12.2 Å². The van der Waals surface area contributed by atoms with Crippen molar-refractivity contribution in [3.05, 3.63) is 53.5 Å². The van der Waals surface area contributed by atoms with Gasteiger partial charge in [0.05, 0.1) is 39.5 Å². The molecule has 2 aromatic rings. The lowest BCUT2D eigenvalue weighted by molar-refractivity contribution is -0.857. The Morgan fingerprint density at radius 3 is 2.62 bits per heavy atom. The highest BCUT2D eigenvalue weighted by molar-refractivity contribution is 7.80. The van der Waals surface area contributed by atoms with Crippen molar-refractivity contribution in [1.82, 2.24) is 4.90 Å². The van der Waals surface area contributed by atoms with Gasteiger partial charge in [0.2, 0.25) is 0 Å². The Morgan fingerprint density at radius 1 is 1.29 bits per heavy atom. The zero-order valence-electron chi connectivity index (χ0n) is 15.2. The predicted octanol–water partition coefficient (Wildman–Crippen LogP) is 2.80. The van der Waals surface area contributed by atoms with Crippen molar-refractivity contribution in [3.8, 4) is 0 Å². The highest BCUT2D eigenvalue weighted by atomic mass is 32.1. The Kier molecular flexibility index (Phi) is 6.40. The van der Waals surface area contributed by atoms with Crippen molar-refractivity contribution >= 4 is 23.0 Å². The van der Waals surface area contributed by atoms with Gasteiger partial charge >= 0.3 is 0 Å². The van der Waals surface area contributed by atoms with Gasteiger partial charge in [-0.25, -0.2) is 0 Å². The van der Waals surface area contributed by atoms with Gasteiger partial charge < -0.3 is 19.5 Å². The average molecular weight is 347 g/mol. The van der Waals surface area contributed by atoms with Gasteiger partial charge in [-0.05, 0) is 56.8 Å². The number of nitrogens with one attached hydrogen (secondary N) is 2. The Hall–Kier alpha value is -1.85. The summed E-state index contributed by atoms with van der Waals surface area (Å²) in [4.78, 5) is 3.58. The average Bonchev–Trinajstić information content (AvgIpc) is 3.04. The second kappa shape index (κ2) is 8.31. The topological polar surface area (TPSA) is 32.9 Å². The Morgan fingerprint density at radius 2 is 2.04 bits per heavy atom. The van der Waals surface area contributed by atoms with Crippen molar-refractivity contribution in [3.63, 3.8) is 0 Å². The summed E-state index contributed by atoms with van der Waals surface area (Å²) in [5, 5.41) is 4.14. The molecule has 1 heterocycles. The lowest BCUT2D eigenvalue weighted by atomic mass is 10.1. The van der Waals surface area contributed by atoms with E-state index in [2.05, 4.69) is 63.3 Å². The van der Waals surface area contributed by atoms with E-state index >= 15 is 0 Å². The van der Waals surface area contributed by atoms with Crippen molar-refractivity contribution < 1.29 is 9.32 Å². The largest absolute Gasteiger partial charge is 0.467 e. The third-order valence-electron chi connectivity index (χ3n) is 4.16. The summed E-state index contributed by atoms with van der Waals surface area (Å²) in [6, 6.07) is 10.4. The third-order valence-corrected chi connectivity index (χ3v) is 4.50. The van der Waals surface area contributed by atoms with Crippen LogP contribution in [-0.2, 0) is 0 Å². The highest BCUT2D eigenvalue weighted by Crippen LogP contribution is 2.23. The molecule has 0 amide bonds. The molecule has 2 N–H and O–H groups in total. The van der Waals surface area contributed by atoms with E-state index in [-0.39, 0.29) is 6.04 Å². The summed E-state index contributed by atoms with van der Waals surface area (Å²) in [5.41, 5.74) is 3.50. The third kappa shape index (κ3) is 4.82. The van der Waals surface area contributed by atoms with Crippen LogP contribution in [0.4, 0.5) is 5.69 Å². The van der Waals surface area contributed by atoms with Crippen molar-refractivity contribution in [2.45, 2.75) is 26.8 Å². The molecular weight excluding hydrogens is 318 g/mol. The molecule has 1 aromatic heterocycles. The van der Waals surface area contributed by atoms with Crippen molar-refractivity contribution in [1.29, 1.82) is 0 Å². The first-order valence-corrected chi connectivity index (χ1v) is 8.76. The molecule has 24 heavy (non-hydrogen) atoms. The number of quaternary nitrogens is 1. The number of aryl methyl sites for hydroxylation is 2. The minimum atomic E-state index is 0.0881. The van der Waals surface area contributed by atoms with E-state index in [0.29, 0.717) is 0 Å². The van der Waals surface area contributed by atoms with Crippen LogP contribution in [0.15, 0.2) is 41.0 Å². The summed E-state index contributed by atoms with van der Waals surface area (Å²) >= 11 is 5.72. The fourth-order valence-electron chi connectivity index (χ4n) is 2.64. The van der Waals surface area contributed by atoms with E-state index in [0.717, 1.165) is 29.6 Å². The summed E-state index contributed by atoms with van der Waals surface area (Å²) in [5.74, 6) is 0.925. The van der Waals surface area contributed by atoms with Crippen LogP contribution in [-0.4, -0.2) is 37.2 Å². The molecule has 0 aliphatic carbocycles. The molecule has 1 aromatic carbocycles. The zero-order valence-corrected chi connectivity index (χ0v) is 16.0. The first-order valence-electron chi connectivity index (χ1n) is 8.35. The van der Waals surface area contributed by atoms with Crippen LogP contribution in [0.5, 0.6) is 0 Å². The first-order chi connectivity index (χ1) is 11.4. The standard InChI is InChI=1S/C19H27N3OS/c1-14-8-9-17(15(2)13-14)20-19(24)22(11-10-21(4)5)16(3)18-7-6-12-23-18/h6-9,12-13,16H,10-11H2,1-5H3,(H,20,24)/p+1. The first kappa shape index (κ1) is 18.5. The number of furan rings is 1. The maximum absolute atomic E-state index is 5.72. The minimum Gasteiger partial charge on any atom is -0.467 e. The van der Waals surface area contributed by atoms with Crippen LogP contribution in [0.25, 0.3) is 0 Å². The molecule has 0 fully saturated rings. The summed E-state index contributed by atoms with van der Waals surface area (Å²) < 4.78 is 5.59. The zero-order chi connectivity index (χ0) is 17.7. The number of anilines is 1. The molecule has 0 saturated heterocycles. The van der Waals surface area contributed by atoms with Gasteiger partial charge in [-0.2, -0.15) is 0 Å². The molecule has 4 nitrogen and oxygen atoms in total. The highest BCUT2D eigenvalue weighted by Gasteiger charge is 2.22. The number of hydrogen-bond acceptors (Lipinski definition) is 2. The lowest BCUT2D eigenvalue weighted by Crippen LogP contribution is -3.06. The fraction of sp³-hybridized carbons (Fsp3) is 0.421. The number of benzene rings is 1. The molecule has 0 saturated carbocycles.